The summed E-state index contributed by atoms with van der Waals surface area (Å²) in [5.74, 6) is 0.134. The van der Waals surface area contributed by atoms with Crippen molar-refractivity contribution < 1.29 is 4.79 Å². The molecule has 3 nitrogen and oxygen atoms in total. The first-order chi connectivity index (χ1) is 7.29. The Kier molecular flexibility index (Phi) is 3.02. The van der Waals surface area contributed by atoms with Crippen molar-refractivity contribution >= 4 is 11.6 Å². The average molecular weight is 204 g/mol. The summed E-state index contributed by atoms with van der Waals surface area (Å²) in [6, 6.07) is 6.24. The van der Waals surface area contributed by atoms with Crippen LogP contribution in [0.2, 0.25) is 0 Å². The van der Waals surface area contributed by atoms with E-state index in [1.54, 1.807) is 0 Å². The van der Waals surface area contributed by atoms with Crippen LogP contribution in [0.25, 0.3) is 0 Å². The molecule has 15 heavy (non-hydrogen) atoms. The molecule has 0 unspecified atom stereocenters. The second-order valence-corrected chi connectivity index (χ2v) is 3.92. The fraction of sp³-hybridized carbons (Fsp3) is 0.417. The van der Waals surface area contributed by atoms with Gasteiger partial charge in [-0.3, -0.25) is 4.79 Å². The molecule has 1 aliphatic rings. The SMILES string of the molecule is CNCc1ccc2c(c1)CCCC(=O)N2. The summed E-state index contributed by atoms with van der Waals surface area (Å²) in [5, 5.41) is 6.06. The summed E-state index contributed by atoms with van der Waals surface area (Å²) in [5.41, 5.74) is 3.51. The Labute approximate surface area is 89.9 Å². The lowest BCUT2D eigenvalue weighted by molar-refractivity contribution is -0.116. The highest BCUT2D eigenvalue weighted by molar-refractivity contribution is 5.92. The van der Waals surface area contributed by atoms with Crippen molar-refractivity contribution in [2.24, 2.45) is 0 Å². The van der Waals surface area contributed by atoms with Crippen molar-refractivity contribution in [1.29, 1.82) is 0 Å². The molecule has 0 spiro atoms. The van der Waals surface area contributed by atoms with Crippen molar-refractivity contribution in [3.8, 4) is 0 Å². The first-order valence-corrected chi connectivity index (χ1v) is 5.36. The number of aryl methyl sites for hydroxylation is 1. The molecule has 0 aromatic heterocycles. The van der Waals surface area contributed by atoms with Crippen molar-refractivity contribution in [2.75, 3.05) is 12.4 Å². The van der Waals surface area contributed by atoms with E-state index in [4.69, 9.17) is 0 Å². The van der Waals surface area contributed by atoms with E-state index in [0.29, 0.717) is 6.42 Å². The molecule has 1 aromatic rings. The van der Waals surface area contributed by atoms with E-state index in [-0.39, 0.29) is 5.91 Å². The first kappa shape index (κ1) is 10.2. The number of benzene rings is 1. The van der Waals surface area contributed by atoms with Gasteiger partial charge in [-0.05, 0) is 37.1 Å². The molecule has 0 saturated carbocycles. The maximum atomic E-state index is 11.3. The molecule has 1 amide bonds. The normalized spacial score (nSPS) is 15.4. The van der Waals surface area contributed by atoms with Gasteiger partial charge in [0.2, 0.25) is 5.91 Å². The van der Waals surface area contributed by atoms with Crippen LogP contribution in [0.3, 0.4) is 0 Å². The van der Waals surface area contributed by atoms with Crippen molar-refractivity contribution in [1.82, 2.24) is 5.32 Å². The van der Waals surface area contributed by atoms with Gasteiger partial charge in [0.25, 0.3) is 0 Å². The van der Waals surface area contributed by atoms with Gasteiger partial charge in [0.1, 0.15) is 0 Å². The molecule has 1 heterocycles. The van der Waals surface area contributed by atoms with Gasteiger partial charge in [-0.25, -0.2) is 0 Å². The predicted octanol–water partition coefficient (Wildman–Crippen LogP) is 1.68. The number of rotatable bonds is 2. The van der Waals surface area contributed by atoms with Gasteiger partial charge >= 0.3 is 0 Å². The highest BCUT2D eigenvalue weighted by Gasteiger charge is 2.12. The molecule has 1 aromatic carbocycles. The molecular formula is C12H16N2O. The Morgan fingerprint density at radius 1 is 1.40 bits per heavy atom. The lowest BCUT2D eigenvalue weighted by Gasteiger charge is -2.08. The van der Waals surface area contributed by atoms with Crippen LogP contribution in [0.4, 0.5) is 5.69 Å². The molecule has 0 saturated heterocycles. The van der Waals surface area contributed by atoms with Gasteiger partial charge in [-0.2, -0.15) is 0 Å². The average Bonchev–Trinajstić information content (AvgIpc) is 2.39. The van der Waals surface area contributed by atoms with Crippen LogP contribution in [0.15, 0.2) is 18.2 Å². The van der Waals surface area contributed by atoms with Gasteiger partial charge in [-0.1, -0.05) is 12.1 Å². The summed E-state index contributed by atoms with van der Waals surface area (Å²) in [6.07, 6.45) is 2.57. The number of hydrogen-bond acceptors (Lipinski definition) is 2. The third-order valence-corrected chi connectivity index (χ3v) is 2.67. The highest BCUT2D eigenvalue weighted by atomic mass is 16.1. The maximum Gasteiger partial charge on any atom is 0.224 e. The standard InChI is InChI=1S/C12H16N2O/c1-13-8-9-5-6-11-10(7-9)3-2-4-12(15)14-11/h5-7,13H,2-4,8H2,1H3,(H,14,15). The molecule has 0 aliphatic carbocycles. The molecule has 2 N–H and O–H groups in total. The van der Waals surface area contributed by atoms with Crippen molar-refractivity contribution in [3.05, 3.63) is 29.3 Å². The van der Waals surface area contributed by atoms with Crippen LogP contribution < -0.4 is 10.6 Å². The van der Waals surface area contributed by atoms with Crippen molar-refractivity contribution in [2.45, 2.75) is 25.8 Å². The molecule has 0 atom stereocenters. The van der Waals surface area contributed by atoms with Gasteiger partial charge in [0.15, 0.2) is 0 Å². The number of carbonyl (C=O) groups is 1. The number of hydrogen-bond donors (Lipinski definition) is 2. The van der Waals surface area contributed by atoms with Crippen LogP contribution >= 0.6 is 0 Å². The Balaban J connectivity index is 2.27. The van der Waals surface area contributed by atoms with E-state index in [9.17, 15) is 4.79 Å². The van der Waals surface area contributed by atoms with E-state index in [1.165, 1.54) is 11.1 Å². The Bertz CT molecular complexity index is 374. The number of amides is 1. The highest BCUT2D eigenvalue weighted by Crippen LogP contribution is 2.23. The quantitative estimate of drug-likeness (QED) is 0.769. The Morgan fingerprint density at radius 3 is 3.07 bits per heavy atom. The second-order valence-electron chi connectivity index (χ2n) is 3.92. The van der Waals surface area contributed by atoms with Gasteiger partial charge in [-0.15, -0.1) is 0 Å². The Morgan fingerprint density at radius 2 is 2.27 bits per heavy atom. The summed E-state index contributed by atoms with van der Waals surface area (Å²) in [6.45, 7) is 0.876. The molecule has 0 bridgehead atoms. The minimum absolute atomic E-state index is 0.134. The summed E-state index contributed by atoms with van der Waals surface area (Å²) >= 11 is 0. The lowest BCUT2D eigenvalue weighted by atomic mass is 10.0. The maximum absolute atomic E-state index is 11.3. The van der Waals surface area contributed by atoms with E-state index in [1.807, 2.05) is 13.1 Å². The van der Waals surface area contributed by atoms with Crippen LogP contribution in [0, 0.1) is 0 Å². The summed E-state index contributed by atoms with van der Waals surface area (Å²) in [7, 11) is 1.94. The van der Waals surface area contributed by atoms with E-state index < -0.39 is 0 Å². The molecule has 1 aliphatic heterocycles. The zero-order valence-electron chi connectivity index (χ0n) is 8.97. The molecule has 0 radical (unpaired) electrons. The lowest BCUT2D eigenvalue weighted by Crippen LogP contribution is -2.10. The number of nitrogens with one attached hydrogen (secondary N) is 2. The third-order valence-electron chi connectivity index (χ3n) is 2.67. The zero-order valence-corrected chi connectivity index (χ0v) is 8.97. The summed E-state index contributed by atoms with van der Waals surface area (Å²) in [4.78, 5) is 11.3. The topological polar surface area (TPSA) is 41.1 Å². The van der Waals surface area contributed by atoms with Crippen LogP contribution in [0.1, 0.15) is 24.0 Å². The third kappa shape index (κ3) is 2.36. The van der Waals surface area contributed by atoms with Crippen LogP contribution in [-0.2, 0) is 17.8 Å². The molecule has 80 valence electrons. The van der Waals surface area contributed by atoms with Crippen LogP contribution in [-0.4, -0.2) is 13.0 Å². The van der Waals surface area contributed by atoms with E-state index >= 15 is 0 Å². The molecule has 3 heteroatoms. The number of fused-ring (bicyclic) bond motifs is 1. The van der Waals surface area contributed by atoms with E-state index in [0.717, 1.165) is 25.1 Å². The first-order valence-electron chi connectivity index (χ1n) is 5.36. The fourth-order valence-electron chi connectivity index (χ4n) is 1.94. The smallest absolute Gasteiger partial charge is 0.224 e. The van der Waals surface area contributed by atoms with E-state index in [2.05, 4.69) is 22.8 Å². The fourth-order valence-corrected chi connectivity index (χ4v) is 1.94. The largest absolute Gasteiger partial charge is 0.326 e. The van der Waals surface area contributed by atoms with Crippen molar-refractivity contribution in [3.63, 3.8) is 0 Å². The van der Waals surface area contributed by atoms with Gasteiger partial charge in [0.05, 0.1) is 0 Å². The monoisotopic (exact) mass is 204 g/mol. The van der Waals surface area contributed by atoms with Crippen LogP contribution in [0.5, 0.6) is 0 Å². The Hall–Kier alpha value is -1.35. The molecular weight excluding hydrogens is 188 g/mol. The summed E-state index contributed by atoms with van der Waals surface area (Å²) < 4.78 is 0. The van der Waals surface area contributed by atoms with Gasteiger partial charge in [0, 0.05) is 18.7 Å². The number of anilines is 1. The minimum Gasteiger partial charge on any atom is -0.326 e. The predicted molar refractivity (Wildman–Crippen MR) is 60.8 cm³/mol. The molecule has 0 fully saturated rings. The minimum atomic E-state index is 0.134. The number of carbonyl (C=O) groups excluding carboxylic acids is 1. The molecule has 2 rings (SSSR count). The second kappa shape index (κ2) is 4.45. The van der Waals surface area contributed by atoms with Gasteiger partial charge < -0.3 is 10.6 Å². The zero-order chi connectivity index (χ0) is 10.7.